The summed E-state index contributed by atoms with van der Waals surface area (Å²) in [6.45, 7) is 2.17. The predicted octanol–water partition coefficient (Wildman–Crippen LogP) is 3.78. The molecule has 2 aromatic rings. The summed E-state index contributed by atoms with van der Waals surface area (Å²) in [5.74, 6) is 1.69. The number of ether oxygens (including phenoxy) is 2. The first-order chi connectivity index (χ1) is 10.2. The van der Waals surface area contributed by atoms with Crippen LogP contribution in [-0.4, -0.2) is 7.11 Å². The van der Waals surface area contributed by atoms with Crippen LogP contribution in [-0.2, 0) is 6.42 Å². The molecule has 1 aliphatic heterocycles. The van der Waals surface area contributed by atoms with Gasteiger partial charge < -0.3 is 15.2 Å². The van der Waals surface area contributed by atoms with Gasteiger partial charge in [-0.2, -0.15) is 0 Å². The molecule has 1 aliphatic rings. The lowest BCUT2D eigenvalue weighted by atomic mass is 9.90. The van der Waals surface area contributed by atoms with Crippen LogP contribution >= 0.6 is 0 Å². The normalized spacial score (nSPS) is 20.5. The molecule has 1 heterocycles. The first-order valence-electron chi connectivity index (χ1n) is 7.41. The van der Waals surface area contributed by atoms with E-state index < -0.39 is 0 Å². The smallest absolute Gasteiger partial charge is 0.126 e. The second kappa shape index (κ2) is 5.78. The van der Waals surface area contributed by atoms with Crippen molar-refractivity contribution in [3.05, 3.63) is 59.2 Å². The lowest BCUT2D eigenvalue weighted by molar-refractivity contribution is 0.160. The van der Waals surface area contributed by atoms with Gasteiger partial charge in [0, 0.05) is 18.0 Å². The highest BCUT2D eigenvalue weighted by Crippen LogP contribution is 2.41. The van der Waals surface area contributed by atoms with Crippen LogP contribution < -0.4 is 15.2 Å². The molecule has 0 aromatic heterocycles. The Bertz CT molecular complexity index is 639. The van der Waals surface area contributed by atoms with Gasteiger partial charge in [-0.15, -0.1) is 0 Å². The average Bonchev–Trinajstić information content (AvgIpc) is 2.54. The maximum Gasteiger partial charge on any atom is 0.126 e. The third-order valence-corrected chi connectivity index (χ3v) is 4.14. The largest absolute Gasteiger partial charge is 0.497 e. The van der Waals surface area contributed by atoms with E-state index in [-0.39, 0.29) is 12.1 Å². The molecule has 21 heavy (non-hydrogen) atoms. The van der Waals surface area contributed by atoms with E-state index in [4.69, 9.17) is 15.2 Å². The molecule has 0 saturated carbocycles. The zero-order chi connectivity index (χ0) is 14.8. The minimum Gasteiger partial charge on any atom is -0.497 e. The van der Waals surface area contributed by atoms with Crippen LogP contribution in [0.2, 0.25) is 0 Å². The third kappa shape index (κ3) is 2.61. The highest BCUT2D eigenvalue weighted by atomic mass is 16.5. The molecule has 0 radical (unpaired) electrons. The number of hydrogen-bond acceptors (Lipinski definition) is 3. The van der Waals surface area contributed by atoms with E-state index in [1.54, 1.807) is 7.11 Å². The molecule has 2 aromatic carbocycles. The number of methoxy groups -OCH3 is 1. The Kier molecular flexibility index (Phi) is 3.84. The summed E-state index contributed by atoms with van der Waals surface area (Å²) in [5, 5.41) is 0. The highest BCUT2D eigenvalue weighted by molar-refractivity contribution is 5.45. The summed E-state index contributed by atoms with van der Waals surface area (Å²) in [5.41, 5.74) is 9.95. The highest BCUT2D eigenvalue weighted by Gasteiger charge is 2.28. The molecule has 0 amide bonds. The summed E-state index contributed by atoms with van der Waals surface area (Å²) in [6, 6.07) is 14.3. The van der Waals surface area contributed by atoms with E-state index in [2.05, 4.69) is 31.2 Å². The SMILES string of the molecule is CCc1ccccc1C1CC(N)c2cc(OC)ccc2O1. The Morgan fingerprint density at radius 3 is 2.76 bits per heavy atom. The molecule has 2 atom stereocenters. The van der Waals surface area contributed by atoms with E-state index in [0.717, 1.165) is 29.9 Å². The lowest BCUT2D eigenvalue weighted by Gasteiger charge is -2.31. The molecule has 3 heteroatoms. The molecule has 2 N–H and O–H groups in total. The molecule has 0 fully saturated rings. The van der Waals surface area contributed by atoms with Crippen LogP contribution in [0.1, 0.15) is 42.2 Å². The van der Waals surface area contributed by atoms with Crippen LogP contribution in [0.25, 0.3) is 0 Å². The van der Waals surface area contributed by atoms with E-state index in [1.165, 1.54) is 11.1 Å². The molecular weight excluding hydrogens is 262 g/mol. The average molecular weight is 283 g/mol. The van der Waals surface area contributed by atoms with Crippen molar-refractivity contribution in [2.45, 2.75) is 31.9 Å². The van der Waals surface area contributed by atoms with E-state index in [0.29, 0.717) is 0 Å². The molecule has 2 unspecified atom stereocenters. The fourth-order valence-corrected chi connectivity index (χ4v) is 2.97. The Morgan fingerprint density at radius 2 is 2.00 bits per heavy atom. The van der Waals surface area contributed by atoms with Crippen LogP contribution in [0, 0.1) is 0 Å². The number of hydrogen-bond donors (Lipinski definition) is 1. The first-order valence-corrected chi connectivity index (χ1v) is 7.41. The van der Waals surface area contributed by atoms with E-state index in [1.807, 2.05) is 18.2 Å². The van der Waals surface area contributed by atoms with Crippen molar-refractivity contribution in [3.8, 4) is 11.5 Å². The zero-order valence-corrected chi connectivity index (χ0v) is 12.5. The predicted molar refractivity (Wildman–Crippen MR) is 83.7 cm³/mol. The second-order valence-corrected chi connectivity index (χ2v) is 5.40. The van der Waals surface area contributed by atoms with Gasteiger partial charge >= 0.3 is 0 Å². The molecular formula is C18H21NO2. The van der Waals surface area contributed by atoms with E-state index >= 15 is 0 Å². The van der Waals surface area contributed by atoms with Gasteiger partial charge in [0.2, 0.25) is 0 Å². The van der Waals surface area contributed by atoms with E-state index in [9.17, 15) is 0 Å². The summed E-state index contributed by atoms with van der Waals surface area (Å²) >= 11 is 0. The van der Waals surface area contributed by atoms with Gasteiger partial charge in [-0.05, 0) is 35.7 Å². The molecule has 0 aliphatic carbocycles. The topological polar surface area (TPSA) is 44.5 Å². The summed E-state index contributed by atoms with van der Waals surface area (Å²) in [6.07, 6.45) is 1.81. The number of rotatable bonds is 3. The zero-order valence-electron chi connectivity index (χ0n) is 12.5. The standard InChI is InChI=1S/C18H21NO2/c1-3-12-6-4-5-7-14(12)18-11-16(19)15-10-13(20-2)8-9-17(15)21-18/h4-10,16,18H,3,11,19H2,1-2H3. The number of aryl methyl sites for hydroxylation is 1. The molecule has 3 rings (SSSR count). The minimum atomic E-state index is -0.0289. The molecule has 0 bridgehead atoms. The Balaban J connectivity index is 1.95. The van der Waals surface area contributed by atoms with Gasteiger partial charge in [-0.3, -0.25) is 0 Å². The van der Waals surface area contributed by atoms with Crippen LogP contribution in [0.15, 0.2) is 42.5 Å². The monoisotopic (exact) mass is 283 g/mol. The summed E-state index contributed by atoms with van der Waals surface area (Å²) < 4.78 is 11.5. The molecule has 3 nitrogen and oxygen atoms in total. The quantitative estimate of drug-likeness (QED) is 0.932. The number of fused-ring (bicyclic) bond motifs is 1. The minimum absolute atomic E-state index is 0.0250. The molecule has 0 spiro atoms. The van der Waals surface area contributed by atoms with Crippen LogP contribution in [0.5, 0.6) is 11.5 Å². The lowest BCUT2D eigenvalue weighted by Crippen LogP contribution is -2.24. The third-order valence-electron chi connectivity index (χ3n) is 4.14. The Labute approximate surface area is 125 Å². The molecule has 110 valence electrons. The van der Waals surface area contributed by atoms with Gasteiger partial charge in [0.15, 0.2) is 0 Å². The summed E-state index contributed by atoms with van der Waals surface area (Å²) in [4.78, 5) is 0. The van der Waals surface area contributed by atoms with Crippen molar-refractivity contribution in [2.75, 3.05) is 7.11 Å². The van der Waals surface area contributed by atoms with Crippen molar-refractivity contribution in [2.24, 2.45) is 5.73 Å². The van der Waals surface area contributed by atoms with Gasteiger partial charge in [0.25, 0.3) is 0 Å². The van der Waals surface area contributed by atoms with Crippen molar-refractivity contribution in [1.29, 1.82) is 0 Å². The first kappa shape index (κ1) is 14.0. The van der Waals surface area contributed by atoms with Crippen molar-refractivity contribution >= 4 is 0 Å². The van der Waals surface area contributed by atoms with Gasteiger partial charge in [0.05, 0.1) is 7.11 Å². The van der Waals surface area contributed by atoms with Crippen LogP contribution in [0.4, 0.5) is 0 Å². The Morgan fingerprint density at radius 1 is 1.19 bits per heavy atom. The summed E-state index contributed by atoms with van der Waals surface area (Å²) in [7, 11) is 1.66. The van der Waals surface area contributed by atoms with Gasteiger partial charge in [-0.1, -0.05) is 31.2 Å². The Hall–Kier alpha value is -2.00. The van der Waals surface area contributed by atoms with Crippen molar-refractivity contribution in [3.63, 3.8) is 0 Å². The fraction of sp³-hybridized carbons (Fsp3) is 0.333. The number of benzene rings is 2. The van der Waals surface area contributed by atoms with Crippen molar-refractivity contribution in [1.82, 2.24) is 0 Å². The molecule has 0 saturated heterocycles. The second-order valence-electron chi connectivity index (χ2n) is 5.40. The maximum absolute atomic E-state index is 6.35. The number of nitrogens with two attached hydrogens (primary N) is 1. The van der Waals surface area contributed by atoms with Crippen molar-refractivity contribution < 1.29 is 9.47 Å². The van der Waals surface area contributed by atoms with Gasteiger partial charge in [0.1, 0.15) is 17.6 Å². The fourth-order valence-electron chi connectivity index (χ4n) is 2.97. The maximum atomic E-state index is 6.35. The van der Waals surface area contributed by atoms with Crippen LogP contribution in [0.3, 0.4) is 0 Å². The van der Waals surface area contributed by atoms with Gasteiger partial charge in [-0.25, -0.2) is 0 Å².